The highest BCUT2D eigenvalue weighted by Crippen LogP contribution is 2.23. The molecule has 1 unspecified atom stereocenters. The monoisotopic (exact) mass is 224 g/mol. The average Bonchev–Trinajstić information content (AvgIpc) is 2.17. The minimum atomic E-state index is -0.396. The third-order valence-electron chi connectivity index (χ3n) is 2.89. The predicted octanol–water partition coefficient (Wildman–Crippen LogP) is 3.47. The standard InChI is InChI=1S/C14H21FO/c1-10-5-7-12(15)11(9-10)6-8-13(16)14(2,3)4/h5,7,9,13,16H,6,8H2,1-4H3. The number of rotatable bonds is 3. The second-order valence-electron chi connectivity index (χ2n) is 5.52. The second kappa shape index (κ2) is 4.96. The molecule has 0 amide bonds. The lowest BCUT2D eigenvalue weighted by molar-refractivity contribution is 0.0558. The summed E-state index contributed by atoms with van der Waals surface area (Å²) in [4.78, 5) is 0. The van der Waals surface area contributed by atoms with Gasteiger partial charge in [0, 0.05) is 0 Å². The molecule has 0 saturated heterocycles. The van der Waals surface area contributed by atoms with Crippen LogP contribution in [0.15, 0.2) is 18.2 Å². The second-order valence-corrected chi connectivity index (χ2v) is 5.52. The van der Waals surface area contributed by atoms with E-state index in [4.69, 9.17) is 0 Å². The highest BCUT2D eigenvalue weighted by atomic mass is 19.1. The van der Waals surface area contributed by atoms with Gasteiger partial charge in [-0.25, -0.2) is 4.39 Å². The maximum atomic E-state index is 13.4. The van der Waals surface area contributed by atoms with Crippen LogP contribution in [0.1, 0.15) is 38.3 Å². The minimum absolute atomic E-state index is 0.139. The third-order valence-corrected chi connectivity index (χ3v) is 2.89. The number of halogens is 1. The zero-order chi connectivity index (χ0) is 12.3. The molecule has 0 aliphatic rings. The summed E-state index contributed by atoms with van der Waals surface area (Å²) in [6.45, 7) is 7.92. The molecule has 0 aliphatic heterocycles. The molecule has 0 aromatic heterocycles. The summed E-state index contributed by atoms with van der Waals surface area (Å²) in [6.07, 6.45) is 0.794. The molecule has 2 heteroatoms. The van der Waals surface area contributed by atoms with Gasteiger partial charge in [0.25, 0.3) is 0 Å². The smallest absolute Gasteiger partial charge is 0.126 e. The predicted molar refractivity (Wildman–Crippen MR) is 64.9 cm³/mol. The van der Waals surface area contributed by atoms with Gasteiger partial charge in [-0.15, -0.1) is 0 Å². The Morgan fingerprint density at radius 2 is 1.94 bits per heavy atom. The lowest BCUT2D eigenvalue weighted by Crippen LogP contribution is -2.26. The van der Waals surface area contributed by atoms with E-state index in [-0.39, 0.29) is 11.2 Å². The molecule has 0 spiro atoms. The molecule has 0 fully saturated rings. The Morgan fingerprint density at radius 1 is 1.31 bits per heavy atom. The van der Waals surface area contributed by atoms with E-state index in [2.05, 4.69) is 0 Å². The molecule has 90 valence electrons. The van der Waals surface area contributed by atoms with Crippen molar-refractivity contribution >= 4 is 0 Å². The molecular weight excluding hydrogens is 203 g/mol. The fraction of sp³-hybridized carbons (Fsp3) is 0.571. The summed E-state index contributed by atoms with van der Waals surface area (Å²) >= 11 is 0. The summed E-state index contributed by atoms with van der Waals surface area (Å²) in [5.74, 6) is -0.174. The van der Waals surface area contributed by atoms with E-state index in [0.29, 0.717) is 18.4 Å². The van der Waals surface area contributed by atoms with Crippen molar-refractivity contribution in [2.75, 3.05) is 0 Å². The molecular formula is C14H21FO. The van der Waals surface area contributed by atoms with E-state index in [1.165, 1.54) is 6.07 Å². The number of aliphatic hydroxyl groups excluding tert-OH is 1. The van der Waals surface area contributed by atoms with Crippen LogP contribution in [0.5, 0.6) is 0 Å². The number of benzene rings is 1. The Bertz CT molecular complexity index is 352. The Kier molecular flexibility index (Phi) is 4.09. The summed E-state index contributed by atoms with van der Waals surface area (Å²) in [5, 5.41) is 9.88. The van der Waals surface area contributed by atoms with Gasteiger partial charge in [-0.1, -0.05) is 38.5 Å². The highest BCUT2D eigenvalue weighted by molar-refractivity contribution is 5.24. The fourth-order valence-electron chi connectivity index (χ4n) is 1.62. The van der Waals surface area contributed by atoms with Crippen molar-refractivity contribution < 1.29 is 9.50 Å². The van der Waals surface area contributed by atoms with Crippen LogP contribution in [0.3, 0.4) is 0 Å². The first-order valence-corrected chi connectivity index (χ1v) is 5.74. The van der Waals surface area contributed by atoms with Crippen molar-refractivity contribution in [1.29, 1.82) is 0 Å². The van der Waals surface area contributed by atoms with E-state index >= 15 is 0 Å². The molecule has 16 heavy (non-hydrogen) atoms. The molecule has 1 aromatic carbocycles. The molecule has 1 nitrogen and oxygen atoms in total. The zero-order valence-electron chi connectivity index (χ0n) is 10.5. The van der Waals surface area contributed by atoms with Crippen LogP contribution in [0.4, 0.5) is 4.39 Å². The molecule has 1 rings (SSSR count). The largest absolute Gasteiger partial charge is 0.393 e. The summed E-state index contributed by atoms with van der Waals surface area (Å²) < 4.78 is 13.4. The lowest BCUT2D eigenvalue weighted by Gasteiger charge is -2.25. The molecule has 0 bridgehead atoms. The topological polar surface area (TPSA) is 20.2 Å². The highest BCUT2D eigenvalue weighted by Gasteiger charge is 2.21. The number of hydrogen-bond acceptors (Lipinski definition) is 1. The third kappa shape index (κ3) is 3.60. The lowest BCUT2D eigenvalue weighted by atomic mass is 9.85. The van der Waals surface area contributed by atoms with Gasteiger partial charge in [0.05, 0.1) is 6.10 Å². The van der Waals surface area contributed by atoms with Crippen molar-refractivity contribution in [3.05, 3.63) is 35.1 Å². The molecule has 0 aliphatic carbocycles. The zero-order valence-corrected chi connectivity index (χ0v) is 10.5. The van der Waals surface area contributed by atoms with Gasteiger partial charge in [0.15, 0.2) is 0 Å². The van der Waals surface area contributed by atoms with Crippen LogP contribution in [-0.2, 0) is 6.42 Å². The van der Waals surface area contributed by atoms with Crippen molar-refractivity contribution in [3.8, 4) is 0 Å². The normalized spacial score (nSPS) is 13.9. The van der Waals surface area contributed by atoms with Gasteiger partial charge >= 0.3 is 0 Å². The van der Waals surface area contributed by atoms with Gasteiger partial charge in [-0.3, -0.25) is 0 Å². The first kappa shape index (κ1) is 13.2. The first-order valence-electron chi connectivity index (χ1n) is 5.74. The van der Waals surface area contributed by atoms with Crippen LogP contribution in [0.25, 0.3) is 0 Å². The average molecular weight is 224 g/mol. The van der Waals surface area contributed by atoms with Crippen molar-refractivity contribution in [1.82, 2.24) is 0 Å². The van der Waals surface area contributed by atoms with Crippen molar-refractivity contribution in [2.24, 2.45) is 5.41 Å². The van der Waals surface area contributed by atoms with Crippen LogP contribution >= 0.6 is 0 Å². The van der Waals surface area contributed by atoms with E-state index in [9.17, 15) is 9.50 Å². The number of aryl methyl sites for hydroxylation is 2. The van der Waals surface area contributed by atoms with Crippen LogP contribution in [0, 0.1) is 18.2 Å². The van der Waals surface area contributed by atoms with E-state index < -0.39 is 6.10 Å². The SMILES string of the molecule is Cc1ccc(F)c(CCC(O)C(C)(C)C)c1. The summed E-state index contributed by atoms with van der Waals surface area (Å²) in [7, 11) is 0. The Labute approximate surface area is 97.3 Å². The number of aliphatic hydroxyl groups is 1. The Morgan fingerprint density at radius 3 is 2.50 bits per heavy atom. The fourth-order valence-corrected chi connectivity index (χ4v) is 1.62. The van der Waals surface area contributed by atoms with Gasteiger partial charge < -0.3 is 5.11 Å². The van der Waals surface area contributed by atoms with Gasteiger partial charge in [0.1, 0.15) is 5.82 Å². The quantitative estimate of drug-likeness (QED) is 0.833. The maximum Gasteiger partial charge on any atom is 0.126 e. The number of hydrogen-bond donors (Lipinski definition) is 1. The Balaban J connectivity index is 2.64. The van der Waals surface area contributed by atoms with Gasteiger partial charge in [-0.05, 0) is 36.8 Å². The maximum absolute atomic E-state index is 13.4. The first-order chi connectivity index (χ1) is 7.30. The molecule has 1 aromatic rings. The van der Waals surface area contributed by atoms with Gasteiger partial charge in [-0.2, -0.15) is 0 Å². The summed E-state index contributed by atoms with van der Waals surface area (Å²) in [6, 6.07) is 5.11. The molecule has 0 radical (unpaired) electrons. The van der Waals surface area contributed by atoms with Crippen LogP contribution < -0.4 is 0 Å². The minimum Gasteiger partial charge on any atom is -0.393 e. The molecule has 1 N–H and O–H groups in total. The van der Waals surface area contributed by atoms with Crippen molar-refractivity contribution in [2.45, 2.75) is 46.6 Å². The van der Waals surface area contributed by atoms with E-state index in [0.717, 1.165) is 5.56 Å². The molecule has 1 atom stereocenters. The van der Waals surface area contributed by atoms with Crippen molar-refractivity contribution in [3.63, 3.8) is 0 Å². The summed E-state index contributed by atoms with van der Waals surface area (Å²) in [5.41, 5.74) is 1.62. The molecule has 0 saturated carbocycles. The Hall–Kier alpha value is -0.890. The van der Waals surface area contributed by atoms with Crippen LogP contribution in [0.2, 0.25) is 0 Å². The van der Waals surface area contributed by atoms with E-state index in [1.807, 2.05) is 33.8 Å². The van der Waals surface area contributed by atoms with E-state index in [1.54, 1.807) is 6.07 Å². The van der Waals surface area contributed by atoms with Crippen LogP contribution in [-0.4, -0.2) is 11.2 Å². The van der Waals surface area contributed by atoms with Gasteiger partial charge in [0.2, 0.25) is 0 Å². The molecule has 0 heterocycles.